The maximum absolute atomic E-state index is 10.6. The first-order chi connectivity index (χ1) is 5.39. The minimum atomic E-state index is -3.67. The van der Waals surface area contributed by atoms with Crippen molar-refractivity contribution >= 4 is 75.2 Å². The molecule has 0 heterocycles. The number of carboxylic acid groups (broad SMARTS) is 1. The minimum absolute atomic E-state index is 0. The zero-order chi connectivity index (χ0) is 9.78. The summed E-state index contributed by atoms with van der Waals surface area (Å²) in [6, 6.07) is 0. The summed E-state index contributed by atoms with van der Waals surface area (Å²) in [5, 5.41) is 16.8. The van der Waals surface area contributed by atoms with E-state index in [1.54, 1.807) is 0 Å². The summed E-state index contributed by atoms with van der Waals surface area (Å²) in [6.45, 7) is 0. The van der Waals surface area contributed by atoms with Crippen molar-refractivity contribution in [1.29, 1.82) is 0 Å². The van der Waals surface area contributed by atoms with Gasteiger partial charge in [-0.15, -0.1) is 0 Å². The molecule has 0 amide bonds. The van der Waals surface area contributed by atoms with Crippen molar-refractivity contribution in [2.45, 2.75) is 12.5 Å². The fourth-order valence-electron chi connectivity index (χ4n) is 0.463. The van der Waals surface area contributed by atoms with Gasteiger partial charge in [0.25, 0.3) is 10.1 Å². The molecule has 1 unspecified atom stereocenters. The van der Waals surface area contributed by atoms with Gasteiger partial charge < -0.3 is 10.2 Å². The van der Waals surface area contributed by atoms with E-state index >= 15 is 0 Å². The van der Waals surface area contributed by atoms with Crippen molar-refractivity contribution in [3.05, 3.63) is 0 Å². The van der Waals surface area contributed by atoms with Crippen LogP contribution in [0.3, 0.4) is 0 Å². The third-order valence-corrected chi connectivity index (χ3v) is 2.42. The molecule has 0 saturated carbocycles. The van der Waals surface area contributed by atoms with Crippen molar-refractivity contribution < 1.29 is 27.6 Å². The zero-order valence-electron chi connectivity index (χ0n) is 6.43. The van der Waals surface area contributed by atoms with Gasteiger partial charge in [0, 0.05) is 6.42 Å². The van der Waals surface area contributed by atoms with Crippen LogP contribution in [0, 0.1) is 0 Å². The fourth-order valence-corrected chi connectivity index (χ4v) is 1.14. The number of rotatable bonds is 5. The summed E-state index contributed by atoms with van der Waals surface area (Å²) in [5.41, 5.74) is 0. The van der Waals surface area contributed by atoms with E-state index < -0.39 is 27.9 Å². The Labute approximate surface area is 127 Å². The molecule has 0 aliphatic carbocycles. The summed E-state index contributed by atoms with van der Waals surface area (Å²) >= 11 is 0. The molecule has 14 heavy (non-hydrogen) atoms. The second-order valence-electron chi connectivity index (χ2n) is 2.07. The summed E-state index contributed by atoms with van der Waals surface area (Å²) in [5.74, 6) is -1.95. The van der Waals surface area contributed by atoms with Crippen LogP contribution in [-0.2, 0) is 19.1 Å². The average Bonchev–Trinajstić information content (AvgIpc) is 2.00. The van der Waals surface area contributed by atoms with Crippen LogP contribution in [-0.4, -0.2) is 103 Å². The van der Waals surface area contributed by atoms with Gasteiger partial charge in [-0.2, -0.15) is 8.42 Å². The Bertz CT molecular complexity index is 251. The molecular weight excluding hydrogens is 234 g/mol. The molecule has 6 nitrogen and oxygen atoms in total. The fraction of sp³-hybridized carbons (Fsp3) is 0.800. The maximum atomic E-state index is 10.6. The Kier molecular flexibility index (Phi) is 14.1. The Balaban J connectivity index is -0.000000605. The van der Waals surface area contributed by atoms with Crippen LogP contribution >= 0.6 is 0 Å². The second-order valence-corrected chi connectivity index (χ2v) is 3.93. The Morgan fingerprint density at radius 3 is 2.14 bits per heavy atom. The van der Waals surface area contributed by atoms with Crippen LogP contribution in [0.4, 0.5) is 0 Å². The van der Waals surface area contributed by atoms with E-state index in [9.17, 15) is 13.2 Å². The molecule has 0 aromatic heterocycles. The van der Waals surface area contributed by atoms with Crippen LogP contribution in [0.15, 0.2) is 0 Å². The number of aliphatic hydroxyl groups excluding tert-OH is 1. The summed E-state index contributed by atoms with van der Waals surface area (Å²) in [6.07, 6.45) is -2.03. The molecule has 0 aliphatic heterocycles. The Hall–Kier alpha value is 1.34. The van der Waals surface area contributed by atoms with Crippen LogP contribution < -0.4 is 0 Å². The van der Waals surface area contributed by atoms with Crippen LogP contribution in [0.2, 0.25) is 0 Å². The molecule has 0 spiro atoms. The number of hydrogen-bond acceptors (Lipinski definition) is 5. The number of carboxylic acids is 1. The standard InChI is InChI=1S/C5H10O6S.2Na.2H/c1-11-12(9,10)3-2-4(6)5(7)8;;;;/h4,6H,2-3H2,1H3,(H,7,8);;;;. The molecule has 2 N–H and O–H groups in total. The Morgan fingerprint density at radius 2 is 1.86 bits per heavy atom. The predicted molar refractivity (Wildman–Crippen MR) is 53.4 cm³/mol. The summed E-state index contributed by atoms with van der Waals surface area (Å²) in [4.78, 5) is 10.0. The van der Waals surface area contributed by atoms with Crippen molar-refractivity contribution in [3.63, 3.8) is 0 Å². The van der Waals surface area contributed by atoms with Crippen molar-refractivity contribution in [3.8, 4) is 0 Å². The van der Waals surface area contributed by atoms with Gasteiger partial charge in [-0.05, 0) is 0 Å². The molecule has 0 aliphatic rings. The monoisotopic (exact) mass is 246 g/mol. The topological polar surface area (TPSA) is 101 Å². The van der Waals surface area contributed by atoms with Crippen molar-refractivity contribution in [2.24, 2.45) is 0 Å². The predicted octanol–water partition coefficient (Wildman–Crippen LogP) is -2.50. The SMILES string of the molecule is COS(=O)(=O)CCC(O)C(=O)O.[NaH].[NaH]. The summed E-state index contributed by atoms with van der Waals surface area (Å²) < 4.78 is 25.2. The molecule has 0 radical (unpaired) electrons. The van der Waals surface area contributed by atoms with Gasteiger partial charge in [-0.1, -0.05) is 0 Å². The van der Waals surface area contributed by atoms with Crippen molar-refractivity contribution in [1.82, 2.24) is 0 Å². The zero-order valence-corrected chi connectivity index (χ0v) is 7.24. The van der Waals surface area contributed by atoms with Gasteiger partial charge >= 0.3 is 65.1 Å². The molecule has 0 aromatic rings. The molecule has 0 fully saturated rings. The molecule has 76 valence electrons. The van der Waals surface area contributed by atoms with E-state index in [0.717, 1.165) is 7.11 Å². The van der Waals surface area contributed by atoms with E-state index in [1.807, 2.05) is 0 Å². The second kappa shape index (κ2) is 9.56. The van der Waals surface area contributed by atoms with E-state index in [-0.39, 0.29) is 65.5 Å². The number of aliphatic carboxylic acids is 1. The van der Waals surface area contributed by atoms with E-state index in [2.05, 4.69) is 4.18 Å². The van der Waals surface area contributed by atoms with Crippen LogP contribution in [0.1, 0.15) is 6.42 Å². The number of aliphatic hydroxyl groups is 1. The average molecular weight is 246 g/mol. The van der Waals surface area contributed by atoms with Crippen molar-refractivity contribution in [2.75, 3.05) is 12.9 Å². The van der Waals surface area contributed by atoms with Gasteiger partial charge in [-0.3, -0.25) is 4.18 Å². The molecular formula is C5H12Na2O6S. The first kappa shape index (κ1) is 20.7. The van der Waals surface area contributed by atoms with Crippen LogP contribution in [0.25, 0.3) is 0 Å². The van der Waals surface area contributed by atoms with E-state index in [1.165, 1.54) is 0 Å². The number of hydrogen-bond donors (Lipinski definition) is 2. The first-order valence-corrected chi connectivity index (χ1v) is 4.66. The van der Waals surface area contributed by atoms with Crippen LogP contribution in [0.5, 0.6) is 0 Å². The molecule has 1 atom stereocenters. The third-order valence-electron chi connectivity index (χ3n) is 1.18. The van der Waals surface area contributed by atoms with Gasteiger partial charge in [-0.25, -0.2) is 4.79 Å². The molecule has 0 bridgehead atoms. The Morgan fingerprint density at radius 1 is 1.43 bits per heavy atom. The van der Waals surface area contributed by atoms with Gasteiger partial charge in [0.2, 0.25) is 0 Å². The van der Waals surface area contributed by atoms with E-state index in [4.69, 9.17) is 10.2 Å². The van der Waals surface area contributed by atoms with Gasteiger partial charge in [0.05, 0.1) is 12.9 Å². The van der Waals surface area contributed by atoms with E-state index in [0.29, 0.717) is 0 Å². The van der Waals surface area contributed by atoms with Gasteiger partial charge in [0.15, 0.2) is 6.10 Å². The molecule has 0 aromatic carbocycles. The summed E-state index contributed by atoms with van der Waals surface area (Å²) in [7, 11) is -2.70. The number of carbonyl (C=O) groups is 1. The van der Waals surface area contributed by atoms with Gasteiger partial charge in [0.1, 0.15) is 0 Å². The molecule has 0 saturated heterocycles. The molecule has 0 rings (SSSR count). The normalized spacial score (nSPS) is 12.1. The third kappa shape index (κ3) is 9.88. The molecule has 9 heteroatoms. The quantitative estimate of drug-likeness (QED) is 0.411. The first-order valence-electron chi connectivity index (χ1n) is 3.08.